The van der Waals surface area contributed by atoms with Gasteiger partial charge in [-0.1, -0.05) is 48.9 Å². The first-order valence-electron chi connectivity index (χ1n) is 5.10. The van der Waals surface area contributed by atoms with E-state index >= 15 is 0 Å². The van der Waals surface area contributed by atoms with E-state index in [1.54, 1.807) is 0 Å². The van der Waals surface area contributed by atoms with Crippen molar-refractivity contribution in [1.82, 2.24) is 9.78 Å². The van der Waals surface area contributed by atoms with Crippen molar-refractivity contribution in [1.29, 1.82) is 0 Å². The van der Waals surface area contributed by atoms with Crippen LogP contribution < -0.4 is 0 Å². The van der Waals surface area contributed by atoms with E-state index in [9.17, 15) is 0 Å². The van der Waals surface area contributed by atoms with E-state index in [4.69, 9.17) is 11.6 Å². The summed E-state index contributed by atoms with van der Waals surface area (Å²) in [6.45, 7) is 2.98. The normalized spacial score (nSPS) is 10.5. The topological polar surface area (TPSA) is 17.8 Å². The average Bonchev–Trinajstić information content (AvgIpc) is 2.63. The van der Waals surface area contributed by atoms with E-state index in [0.717, 1.165) is 24.2 Å². The second-order valence-electron chi connectivity index (χ2n) is 3.44. The molecule has 1 heterocycles. The lowest BCUT2D eigenvalue weighted by molar-refractivity contribution is 0.605. The van der Waals surface area contributed by atoms with Crippen LogP contribution in [0.4, 0.5) is 0 Å². The minimum atomic E-state index is 0.704. The summed E-state index contributed by atoms with van der Waals surface area (Å²) >= 11 is 6.07. The highest BCUT2D eigenvalue weighted by molar-refractivity contribution is 6.29. The second-order valence-corrected chi connectivity index (χ2v) is 3.83. The Labute approximate surface area is 94.5 Å². The molecular formula is C12H13ClN2. The number of nitrogens with zero attached hydrogens (tertiary/aromatic N) is 2. The first-order chi connectivity index (χ1) is 7.31. The molecule has 2 nitrogen and oxygen atoms in total. The van der Waals surface area contributed by atoms with Gasteiger partial charge in [-0.2, -0.15) is 5.10 Å². The van der Waals surface area contributed by atoms with Crippen molar-refractivity contribution in [3.8, 4) is 11.3 Å². The van der Waals surface area contributed by atoms with E-state index in [1.165, 1.54) is 0 Å². The molecule has 3 heteroatoms. The maximum absolute atomic E-state index is 6.07. The molecule has 0 amide bonds. The van der Waals surface area contributed by atoms with E-state index in [0.29, 0.717) is 5.15 Å². The molecule has 0 unspecified atom stereocenters. The van der Waals surface area contributed by atoms with Crippen LogP contribution in [0.3, 0.4) is 0 Å². The summed E-state index contributed by atoms with van der Waals surface area (Å²) in [4.78, 5) is 0. The highest BCUT2D eigenvalue weighted by Crippen LogP contribution is 2.21. The van der Waals surface area contributed by atoms with Gasteiger partial charge in [0.25, 0.3) is 0 Å². The molecule has 0 N–H and O–H groups in total. The highest BCUT2D eigenvalue weighted by Gasteiger charge is 2.06. The van der Waals surface area contributed by atoms with E-state index < -0.39 is 0 Å². The van der Waals surface area contributed by atoms with Crippen LogP contribution >= 0.6 is 11.6 Å². The summed E-state index contributed by atoms with van der Waals surface area (Å²) in [7, 11) is 0. The molecule has 0 bridgehead atoms. The van der Waals surface area contributed by atoms with Crippen LogP contribution in [0.15, 0.2) is 36.4 Å². The van der Waals surface area contributed by atoms with E-state index in [-0.39, 0.29) is 0 Å². The monoisotopic (exact) mass is 220 g/mol. The zero-order valence-corrected chi connectivity index (χ0v) is 9.41. The van der Waals surface area contributed by atoms with Gasteiger partial charge < -0.3 is 0 Å². The van der Waals surface area contributed by atoms with Gasteiger partial charge in [0.15, 0.2) is 0 Å². The Morgan fingerprint density at radius 1 is 1.27 bits per heavy atom. The van der Waals surface area contributed by atoms with Crippen molar-refractivity contribution in [3.63, 3.8) is 0 Å². The maximum atomic E-state index is 6.07. The highest BCUT2D eigenvalue weighted by atomic mass is 35.5. The van der Waals surface area contributed by atoms with Crippen LogP contribution in [0.5, 0.6) is 0 Å². The quantitative estimate of drug-likeness (QED) is 0.773. The minimum Gasteiger partial charge on any atom is -0.253 e. The van der Waals surface area contributed by atoms with Gasteiger partial charge >= 0.3 is 0 Å². The predicted molar refractivity (Wildman–Crippen MR) is 63.0 cm³/mol. The second kappa shape index (κ2) is 4.49. The van der Waals surface area contributed by atoms with Gasteiger partial charge in [-0.25, -0.2) is 0 Å². The summed E-state index contributed by atoms with van der Waals surface area (Å²) in [6, 6.07) is 12.0. The number of hydrogen-bond donors (Lipinski definition) is 0. The zero-order valence-electron chi connectivity index (χ0n) is 8.65. The third kappa shape index (κ3) is 2.21. The largest absolute Gasteiger partial charge is 0.253 e. The van der Waals surface area contributed by atoms with E-state index in [1.807, 2.05) is 41.1 Å². The summed E-state index contributed by atoms with van der Waals surface area (Å²) < 4.78 is 1.84. The van der Waals surface area contributed by atoms with Crippen molar-refractivity contribution in [2.45, 2.75) is 19.9 Å². The molecule has 0 saturated heterocycles. The summed E-state index contributed by atoms with van der Waals surface area (Å²) in [5, 5.41) is 5.16. The van der Waals surface area contributed by atoms with Crippen LogP contribution in [0.2, 0.25) is 5.15 Å². The summed E-state index contributed by atoms with van der Waals surface area (Å²) in [5.41, 5.74) is 2.04. The van der Waals surface area contributed by atoms with Gasteiger partial charge in [0, 0.05) is 18.2 Å². The van der Waals surface area contributed by atoms with Crippen molar-refractivity contribution in [2.24, 2.45) is 0 Å². The van der Waals surface area contributed by atoms with Gasteiger partial charge in [0.05, 0.1) is 5.69 Å². The molecule has 0 atom stereocenters. The number of aryl methyl sites for hydroxylation is 1. The number of halogens is 1. The van der Waals surface area contributed by atoms with Crippen molar-refractivity contribution in [3.05, 3.63) is 41.6 Å². The molecule has 15 heavy (non-hydrogen) atoms. The molecule has 2 aromatic rings. The Balaban J connectivity index is 2.34. The summed E-state index contributed by atoms with van der Waals surface area (Å²) in [6.07, 6.45) is 1.04. The maximum Gasteiger partial charge on any atom is 0.127 e. The van der Waals surface area contributed by atoms with Gasteiger partial charge in [0.1, 0.15) is 5.15 Å². The Morgan fingerprint density at radius 3 is 2.67 bits per heavy atom. The molecule has 0 fully saturated rings. The lowest BCUT2D eigenvalue weighted by atomic mass is 10.2. The van der Waals surface area contributed by atoms with Crippen LogP contribution in [-0.4, -0.2) is 9.78 Å². The zero-order chi connectivity index (χ0) is 10.7. The predicted octanol–water partition coefficient (Wildman–Crippen LogP) is 3.61. The van der Waals surface area contributed by atoms with Crippen LogP contribution in [0, 0.1) is 0 Å². The van der Waals surface area contributed by atoms with Gasteiger partial charge in [-0.05, 0) is 6.42 Å². The molecule has 78 valence electrons. The summed E-state index contributed by atoms with van der Waals surface area (Å²) in [5.74, 6) is 0. The van der Waals surface area contributed by atoms with Gasteiger partial charge in [-0.15, -0.1) is 0 Å². The fourth-order valence-corrected chi connectivity index (χ4v) is 1.74. The Bertz CT molecular complexity index is 434. The molecule has 1 aromatic heterocycles. The van der Waals surface area contributed by atoms with Crippen molar-refractivity contribution in [2.75, 3.05) is 0 Å². The minimum absolute atomic E-state index is 0.704. The third-order valence-electron chi connectivity index (χ3n) is 2.24. The Morgan fingerprint density at radius 2 is 2.00 bits per heavy atom. The number of benzene rings is 1. The molecule has 0 spiro atoms. The lowest BCUT2D eigenvalue weighted by Gasteiger charge is -1.98. The Kier molecular flexibility index (Phi) is 3.07. The number of aromatic nitrogens is 2. The molecular weight excluding hydrogens is 208 g/mol. The molecule has 0 saturated carbocycles. The standard InChI is InChI=1S/C12H13ClN2/c1-2-8-15-12(13)9-11(14-15)10-6-4-3-5-7-10/h3-7,9H,2,8H2,1H3. The fraction of sp³-hybridized carbons (Fsp3) is 0.250. The van der Waals surface area contributed by atoms with Crippen molar-refractivity contribution >= 4 is 11.6 Å². The first kappa shape index (κ1) is 10.2. The number of rotatable bonds is 3. The smallest absolute Gasteiger partial charge is 0.127 e. The van der Waals surface area contributed by atoms with Gasteiger partial charge in [-0.3, -0.25) is 4.68 Å². The molecule has 0 aliphatic rings. The molecule has 0 aliphatic carbocycles. The van der Waals surface area contributed by atoms with Crippen LogP contribution in [0.1, 0.15) is 13.3 Å². The van der Waals surface area contributed by atoms with E-state index in [2.05, 4.69) is 12.0 Å². The molecule has 1 aromatic carbocycles. The lowest BCUT2D eigenvalue weighted by Crippen LogP contribution is -1.98. The fourth-order valence-electron chi connectivity index (χ4n) is 1.51. The van der Waals surface area contributed by atoms with Crippen molar-refractivity contribution < 1.29 is 0 Å². The molecule has 0 radical (unpaired) electrons. The average molecular weight is 221 g/mol. The van der Waals surface area contributed by atoms with Gasteiger partial charge in [0.2, 0.25) is 0 Å². The third-order valence-corrected chi connectivity index (χ3v) is 2.54. The van der Waals surface area contributed by atoms with Crippen LogP contribution in [-0.2, 0) is 6.54 Å². The number of hydrogen-bond acceptors (Lipinski definition) is 1. The SMILES string of the molecule is CCCn1nc(-c2ccccc2)cc1Cl. The Hall–Kier alpha value is -1.28. The van der Waals surface area contributed by atoms with Crippen LogP contribution in [0.25, 0.3) is 11.3 Å². The molecule has 2 rings (SSSR count). The molecule has 0 aliphatic heterocycles. The first-order valence-corrected chi connectivity index (χ1v) is 5.48.